The summed E-state index contributed by atoms with van der Waals surface area (Å²) in [6.45, 7) is 6.81. The van der Waals surface area contributed by atoms with Crippen LogP contribution in [0.25, 0.3) is 0 Å². The number of aromatic nitrogens is 2. The molecule has 0 aliphatic carbocycles. The van der Waals surface area contributed by atoms with Crippen LogP contribution in [0.5, 0.6) is 0 Å². The third-order valence-corrected chi connectivity index (χ3v) is 4.38. The van der Waals surface area contributed by atoms with Crippen molar-refractivity contribution in [2.24, 2.45) is 0 Å². The summed E-state index contributed by atoms with van der Waals surface area (Å²) in [7, 11) is 0. The molecule has 3 aromatic rings. The lowest BCUT2D eigenvalue weighted by atomic mass is 10.1. The van der Waals surface area contributed by atoms with E-state index in [9.17, 15) is 4.79 Å². The van der Waals surface area contributed by atoms with E-state index < -0.39 is 0 Å². The number of para-hydroxylation sites is 1. The zero-order valence-electron chi connectivity index (χ0n) is 15.2. The van der Waals surface area contributed by atoms with Crippen LogP contribution in [0.4, 0.5) is 17.2 Å². The number of carbonyl (C=O) groups is 1. The molecule has 1 heterocycles. The highest BCUT2D eigenvalue weighted by Gasteiger charge is 2.13. The highest BCUT2D eigenvalue weighted by Crippen LogP contribution is 2.22. The molecule has 0 radical (unpaired) electrons. The minimum Gasteiger partial charge on any atom is -0.325 e. The number of aryl methyl sites for hydroxylation is 1. The maximum atomic E-state index is 12.5. The summed E-state index contributed by atoms with van der Waals surface area (Å²) in [5, 5.41) is 2.91. The molecule has 0 fully saturated rings. The van der Waals surface area contributed by atoms with Gasteiger partial charge >= 0.3 is 0 Å². The fourth-order valence-corrected chi connectivity index (χ4v) is 2.74. The first-order valence-electron chi connectivity index (χ1n) is 8.62. The highest BCUT2D eigenvalue weighted by atomic mass is 16.1. The SMILES string of the molecule is CCN(c1ccccc1)c1cnc(C(=O)Nc2cccc(C)c2C)cn1. The average molecular weight is 346 g/mol. The van der Waals surface area contributed by atoms with Crippen molar-refractivity contribution in [3.8, 4) is 0 Å². The van der Waals surface area contributed by atoms with Crippen molar-refractivity contribution < 1.29 is 4.79 Å². The Labute approximate surface area is 153 Å². The maximum Gasteiger partial charge on any atom is 0.275 e. The first-order valence-corrected chi connectivity index (χ1v) is 8.62. The van der Waals surface area contributed by atoms with Crippen LogP contribution in [-0.2, 0) is 0 Å². The van der Waals surface area contributed by atoms with E-state index in [1.807, 2.05) is 67.3 Å². The first-order chi connectivity index (χ1) is 12.6. The number of hydrogen-bond acceptors (Lipinski definition) is 4. The van der Waals surface area contributed by atoms with Crippen LogP contribution in [0.15, 0.2) is 60.9 Å². The van der Waals surface area contributed by atoms with Crippen molar-refractivity contribution in [3.05, 3.63) is 77.7 Å². The molecule has 0 atom stereocenters. The lowest BCUT2D eigenvalue weighted by Crippen LogP contribution is -2.19. The summed E-state index contributed by atoms with van der Waals surface area (Å²) in [5.41, 5.74) is 4.30. The number of rotatable bonds is 5. The molecule has 5 nitrogen and oxygen atoms in total. The van der Waals surface area contributed by atoms with Crippen molar-refractivity contribution in [2.45, 2.75) is 20.8 Å². The van der Waals surface area contributed by atoms with Crippen molar-refractivity contribution >= 4 is 23.1 Å². The fourth-order valence-electron chi connectivity index (χ4n) is 2.74. The predicted molar refractivity (Wildman–Crippen MR) is 105 cm³/mol. The normalized spacial score (nSPS) is 10.4. The standard InChI is InChI=1S/C21H22N4O/c1-4-25(17-10-6-5-7-11-17)20-14-22-19(13-23-20)21(26)24-18-12-8-9-15(2)16(18)3/h5-14H,4H2,1-3H3,(H,24,26). The molecule has 0 unspecified atom stereocenters. The molecule has 0 saturated carbocycles. The number of nitrogens with one attached hydrogen (secondary N) is 1. The van der Waals surface area contributed by atoms with Crippen molar-refractivity contribution in [3.63, 3.8) is 0 Å². The van der Waals surface area contributed by atoms with Gasteiger partial charge in [-0.05, 0) is 50.1 Å². The Morgan fingerprint density at radius 2 is 1.77 bits per heavy atom. The molecule has 0 bridgehead atoms. The van der Waals surface area contributed by atoms with E-state index in [-0.39, 0.29) is 5.91 Å². The molecule has 1 N–H and O–H groups in total. The number of nitrogens with zero attached hydrogens (tertiary/aromatic N) is 3. The van der Waals surface area contributed by atoms with Crippen LogP contribution in [-0.4, -0.2) is 22.4 Å². The summed E-state index contributed by atoms with van der Waals surface area (Å²) in [6, 6.07) is 15.8. The van der Waals surface area contributed by atoms with Crippen LogP contribution < -0.4 is 10.2 Å². The molecule has 26 heavy (non-hydrogen) atoms. The molecule has 2 aromatic carbocycles. The number of amides is 1. The van der Waals surface area contributed by atoms with Gasteiger partial charge in [-0.2, -0.15) is 0 Å². The molecular weight excluding hydrogens is 324 g/mol. The van der Waals surface area contributed by atoms with Crippen molar-refractivity contribution in [1.29, 1.82) is 0 Å². The molecule has 1 amide bonds. The fraction of sp³-hybridized carbons (Fsp3) is 0.190. The van der Waals surface area contributed by atoms with Gasteiger partial charge in [0, 0.05) is 17.9 Å². The Hall–Kier alpha value is -3.21. The lowest BCUT2D eigenvalue weighted by molar-refractivity contribution is 0.102. The quantitative estimate of drug-likeness (QED) is 0.739. The molecule has 0 saturated heterocycles. The molecule has 3 rings (SSSR count). The van der Waals surface area contributed by atoms with Crippen LogP contribution >= 0.6 is 0 Å². The Morgan fingerprint density at radius 3 is 2.42 bits per heavy atom. The van der Waals surface area contributed by atoms with E-state index in [1.165, 1.54) is 6.20 Å². The van der Waals surface area contributed by atoms with E-state index >= 15 is 0 Å². The van der Waals surface area contributed by atoms with Gasteiger partial charge < -0.3 is 10.2 Å². The van der Waals surface area contributed by atoms with E-state index in [0.717, 1.165) is 29.0 Å². The number of hydrogen-bond donors (Lipinski definition) is 1. The van der Waals surface area contributed by atoms with Gasteiger partial charge in [-0.15, -0.1) is 0 Å². The highest BCUT2D eigenvalue weighted by molar-refractivity contribution is 6.03. The average Bonchev–Trinajstić information content (AvgIpc) is 2.67. The zero-order valence-corrected chi connectivity index (χ0v) is 15.2. The van der Waals surface area contributed by atoms with Crippen LogP contribution in [0, 0.1) is 13.8 Å². The Morgan fingerprint density at radius 1 is 1.00 bits per heavy atom. The molecule has 0 aliphatic rings. The van der Waals surface area contributed by atoms with Gasteiger partial charge in [-0.3, -0.25) is 4.79 Å². The third-order valence-electron chi connectivity index (χ3n) is 4.38. The third kappa shape index (κ3) is 3.72. The zero-order chi connectivity index (χ0) is 18.5. The van der Waals surface area contributed by atoms with Crippen molar-refractivity contribution in [2.75, 3.05) is 16.8 Å². The van der Waals surface area contributed by atoms with E-state index in [1.54, 1.807) is 6.20 Å². The minimum absolute atomic E-state index is 0.263. The second kappa shape index (κ2) is 7.78. The molecular formula is C21H22N4O. The smallest absolute Gasteiger partial charge is 0.275 e. The number of anilines is 3. The number of carbonyl (C=O) groups excluding carboxylic acids is 1. The monoisotopic (exact) mass is 346 g/mol. The summed E-state index contributed by atoms with van der Waals surface area (Å²) >= 11 is 0. The summed E-state index contributed by atoms with van der Waals surface area (Å²) in [4.78, 5) is 23.2. The van der Waals surface area contributed by atoms with Gasteiger partial charge in [0.05, 0.1) is 12.4 Å². The van der Waals surface area contributed by atoms with Crippen LogP contribution in [0.3, 0.4) is 0 Å². The van der Waals surface area contributed by atoms with Crippen LogP contribution in [0.2, 0.25) is 0 Å². The van der Waals surface area contributed by atoms with Gasteiger partial charge in [0.2, 0.25) is 0 Å². The Kier molecular flexibility index (Phi) is 5.27. The Bertz CT molecular complexity index is 892. The maximum absolute atomic E-state index is 12.5. The second-order valence-corrected chi connectivity index (χ2v) is 6.04. The summed E-state index contributed by atoms with van der Waals surface area (Å²) in [5.74, 6) is 0.447. The summed E-state index contributed by atoms with van der Waals surface area (Å²) < 4.78 is 0. The van der Waals surface area contributed by atoms with Crippen molar-refractivity contribution in [1.82, 2.24) is 9.97 Å². The summed E-state index contributed by atoms with van der Waals surface area (Å²) in [6.07, 6.45) is 3.15. The predicted octanol–water partition coefficient (Wildman–Crippen LogP) is 4.50. The molecule has 1 aromatic heterocycles. The first kappa shape index (κ1) is 17.6. The largest absolute Gasteiger partial charge is 0.325 e. The van der Waals surface area contributed by atoms with Gasteiger partial charge in [0.25, 0.3) is 5.91 Å². The molecule has 5 heteroatoms. The van der Waals surface area contributed by atoms with Gasteiger partial charge in [-0.1, -0.05) is 30.3 Å². The van der Waals surface area contributed by atoms with E-state index in [0.29, 0.717) is 11.5 Å². The molecule has 132 valence electrons. The van der Waals surface area contributed by atoms with Gasteiger partial charge in [0.1, 0.15) is 5.69 Å². The van der Waals surface area contributed by atoms with Gasteiger partial charge in [-0.25, -0.2) is 9.97 Å². The van der Waals surface area contributed by atoms with Crippen LogP contribution in [0.1, 0.15) is 28.5 Å². The topological polar surface area (TPSA) is 58.1 Å². The second-order valence-electron chi connectivity index (χ2n) is 6.04. The van der Waals surface area contributed by atoms with E-state index in [4.69, 9.17) is 0 Å². The lowest BCUT2D eigenvalue weighted by Gasteiger charge is -2.21. The van der Waals surface area contributed by atoms with Gasteiger partial charge in [0.15, 0.2) is 5.82 Å². The van der Waals surface area contributed by atoms with E-state index in [2.05, 4.69) is 22.2 Å². The molecule has 0 aliphatic heterocycles. The Balaban J connectivity index is 1.78. The number of benzene rings is 2. The minimum atomic E-state index is -0.263. The molecule has 0 spiro atoms.